The molecule has 3 aromatic carbocycles. The summed E-state index contributed by atoms with van der Waals surface area (Å²) < 4.78 is 185. The van der Waals surface area contributed by atoms with E-state index in [0.717, 1.165) is 36.4 Å². The molecule has 38 heavy (non-hydrogen) atoms. The van der Waals surface area contributed by atoms with Crippen molar-refractivity contribution >= 4 is 0 Å². The van der Waals surface area contributed by atoms with Gasteiger partial charge in [0.05, 0.1) is 0 Å². The zero-order valence-electron chi connectivity index (χ0n) is 18.1. The Morgan fingerprint density at radius 2 is 0.711 bits per heavy atom. The molecule has 3 aromatic rings. The second kappa shape index (κ2) is 7.50. The SMILES string of the molecule is FC(F)(F)C1(C(F)(F)F)c2ccccc2Oc2cc3c(cc21)C(C(F)(F)F)(C(F)(F)F)c1ccccc1O3. The summed E-state index contributed by atoms with van der Waals surface area (Å²) in [7, 11) is 0. The molecular weight excluding hydrogens is 548 g/mol. The lowest BCUT2D eigenvalue weighted by molar-refractivity contribution is -0.291. The highest BCUT2D eigenvalue weighted by molar-refractivity contribution is 5.68. The average Bonchev–Trinajstić information content (AvgIpc) is 2.76. The van der Waals surface area contributed by atoms with E-state index in [9.17, 15) is 52.7 Å². The first-order valence-corrected chi connectivity index (χ1v) is 10.4. The molecule has 0 spiro atoms. The summed E-state index contributed by atoms with van der Waals surface area (Å²) in [5, 5.41) is 0. The van der Waals surface area contributed by atoms with Crippen molar-refractivity contribution < 1.29 is 62.2 Å². The number of rotatable bonds is 0. The smallest absolute Gasteiger partial charge is 0.411 e. The molecule has 0 bridgehead atoms. The van der Waals surface area contributed by atoms with E-state index in [-0.39, 0.29) is 6.07 Å². The Bertz CT molecular complexity index is 1300. The molecule has 0 fully saturated rings. The lowest BCUT2D eigenvalue weighted by Gasteiger charge is -2.45. The predicted octanol–water partition coefficient (Wildman–Crippen LogP) is 8.72. The van der Waals surface area contributed by atoms with Gasteiger partial charge < -0.3 is 9.47 Å². The average molecular weight is 558 g/mol. The second-order valence-corrected chi connectivity index (χ2v) is 8.53. The van der Waals surface area contributed by atoms with Crippen molar-refractivity contribution in [3.63, 3.8) is 0 Å². The van der Waals surface area contributed by atoms with Crippen LogP contribution in [0, 0.1) is 0 Å². The molecule has 0 amide bonds. The first-order chi connectivity index (χ1) is 17.4. The fourth-order valence-corrected chi connectivity index (χ4v) is 5.12. The van der Waals surface area contributed by atoms with E-state index in [0.29, 0.717) is 12.1 Å². The van der Waals surface area contributed by atoms with Crippen LogP contribution >= 0.6 is 0 Å². The third-order valence-corrected chi connectivity index (χ3v) is 6.61. The Kier molecular flexibility index (Phi) is 5.14. The van der Waals surface area contributed by atoms with Crippen molar-refractivity contribution in [3.05, 3.63) is 82.9 Å². The van der Waals surface area contributed by atoms with E-state index in [1.165, 1.54) is 0 Å². The van der Waals surface area contributed by atoms with Crippen LogP contribution in [0.3, 0.4) is 0 Å². The van der Waals surface area contributed by atoms with Gasteiger partial charge in [0.2, 0.25) is 10.8 Å². The molecule has 0 unspecified atom stereocenters. The first-order valence-electron chi connectivity index (χ1n) is 10.4. The van der Waals surface area contributed by atoms with Gasteiger partial charge in [0.1, 0.15) is 23.0 Å². The molecule has 0 saturated heterocycles. The van der Waals surface area contributed by atoms with Gasteiger partial charge in [-0.3, -0.25) is 0 Å². The van der Waals surface area contributed by atoms with E-state index < -0.39 is 86.9 Å². The lowest BCUT2D eigenvalue weighted by atomic mass is 9.66. The summed E-state index contributed by atoms with van der Waals surface area (Å²) in [5.41, 5.74) is -17.1. The van der Waals surface area contributed by atoms with Gasteiger partial charge >= 0.3 is 24.7 Å². The Morgan fingerprint density at radius 1 is 0.395 bits per heavy atom. The maximum absolute atomic E-state index is 14.5. The number of ether oxygens (including phenoxy) is 2. The standard InChI is InChI=1S/C24H10F12O2/c25-21(26,27)19(22(28,29)30)11-5-1-3-7-15(11)37-17-10-18-14(9-13(17)19)20(23(31,32)33,24(34,35)36)12-6-2-4-8-16(12)38-18/h1-10H. The third kappa shape index (κ3) is 3.05. The van der Waals surface area contributed by atoms with Crippen molar-refractivity contribution in [2.45, 2.75) is 35.5 Å². The zero-order chi connectivity index (χ0) is 28.1. The highest BCUT2D eigenvalue weighted by Crippen LogP contribution is 2.67. The summed E-state index contributed by atoms with van der Waals surface area (Å²) in [6, 6.07) is 5.78. The molecule has 2 nitrogen and oxygen atoms in total. The number of hydrogen-bond acceptors (Lipinski definition) is 2. The fraction of sp³-hybridized carbons (Fsp3) is 0.250. The molecule has 0 aromatic heterocycles. The van der Waals surface area contributed by atoms with E-state index in [1.807, 2.05) is 0 Å². The van der Waals surface area contributed by atoms with Gasteiger partial charge in [-0.2, -0.15) is 52.7 Å². The van der Waals surface area contributed by atoms with Gasteiger partial charge in [0, 0.05) is 28.3 Å². The molecule has 0 N–H and O–H groups in total. The van der Waals surface area contributed by atoms with Crippen molar-refractivity contribution in [3.8, 4) is 23.0 Å². The largest absolute Gasteiger partial charge is 0.457 e. The molecule has 0 radical (unpaired) electrons. The van der Waals surface area contributed by atoms with Gasteiger partial charge in [-0.05, 0) is 18.2 Å². The van der Waals surface area contributed by atoms with E-state index >= 15 is 0 Å². The van der Waals surface area contributed by atoms with Crippen LogP contribution in [-0.2, 0) is 10.8 Å². The van der Waals surface area contributed by atoms with Gasteiger partial charge in [-0.15, -0.1) is 0 Å². The summed E-state index contributed by atoms with van der Waals surface area (Å²) in [4.78, 5) is 0. The number of para-hydroxylation sites is 2. The normalized spacial score (nSPS) is 17.8. The first kappa shape index (κ1) is 26.0. The summed E-state index contributed by atoms with van der Waals surface area (Å²) in [5.74, 6) is -4.42. The molecule has 5 rings (SSSR count). The Labute approximate surface area is 204 Å². The van der Waals surface area contributed by atoms with Crippen LogP contribution in [-0.4, -0.2) is 24.7 Å². The second-order valence-electron chi connectivity index (χ2n) is 8.53. The van der Waals surface area contributed by atoms with Crippen LogP contribution < -0.4 is 9.47 Å². The van der Waals surface area contributed by atoms with Crippen LogP contribution in [0.25, 0.3) is 0 Å². The number of benzene rings is 3. The lowest BCUT2D eigenvalue weighted by Crippen LogP contribution is -2.58. The van der Waals surface area contributed by atoms with Gasteiger partial charge in [-0.1, -0.05) is 36.4 Å². The topological polar surface area (TPSA) is 18.5 Å². The highest BCUT2D eigenvalue weighted by atomic mass is 19.4. The van der Waals surface area contributed by atoms with E-state index in [1.54, 1.807) is 0 Å². The predicted molar refractivity (Wildman–Crippen MR) is 105 cm³/mol. The monoisotopic (exact) mass is 558 g/mol. The molecule has 0 saturated carbocycles. The van der Waals surface area contributed by atoms with Crippen LogP contribution in [0.5, 0.6) is 23.0 Å². The van der Waals surface area contributed by atoms with Gasteiger partial charge in [-0.25, -0.2) is 0 Å². The van der Waals surface area contributed by atoms with Crippen molar-refractivity contribution in [1.29, 1.82) is 0 Å². The highest BCUT2D eigenvalue weighted by Gasteiger charge is 2.78. The molecule has 0 aliphatic carbocycles. The Hall–Kier alpha value is -3.58. The van der Waals surface area contributed by atoms with E-state index in [4.69, 9.17) is 9.47 Å². The molecular formula is C24H10F12O2. The molecule has 14 heteroatoms. The third-order valence-electron chi connectivity index (χ3n) is 6.61. The molecule has 2 aliphatic heterocycles. The summed E-state index contributed by atoms with van der Waals surface area (Å²) in [6.07, 6.45) is -25.1. The fourth-order valence-electron chi connectivity index (χ4n) is 5.12. The number of alkyl halides is 12. The van der Waals surface area contributed by atoms with Crippen molar-refractivity contribution in [1.82, 2.24) is 0 Å². The Morgan fingerprint density at radius 3 is 1.03 bits per heavy atom. The quantitative estimate of drug-likeness (QED) is 0.257. The summed E-state index contributed by atoms with van der Waals surface area (Å²) in [6.45, 7) is 0. The molecule has 2 aliphatic rings. The summed E-state index contributed by atoms with van der Waals surface area (Å²) >= 11 is 0. The number of hydrogen-bond donors (Lipinski definition) is 0. The van der Waals surface area contributed by atoms with E-state index in [2.05, 4.69) is 0 Å². The van der Waals surface area contributed by atoms with Crippen LogP contribution in [0.1, 0.15) is 22.3 Å². The minimum absolute atomic E-state index is 0.189. The number of fused-ring (bicyclic) bond motifs is 4. The van der Waals surface area contributed by atoms with Crippen LogP contribution in [0.2, 0.25) is 0 Å². The van der Waals surface area contributed by atoms with Crippen molar-refractivity contribution in [2.24, 2.45) is 0 Å². The minimum atomic E-state index is -6.28. The molecule has 202 valence electrons. The maximum atomic E-state index is 14.5. The van der Waals surface area contributed by atoms with Gasteiger partial charge in [0.25, 0.3) is 0 Å². The molecule has 0 atom stereocenters. The Balaban J connectivity index is 1.98. The number of halogens is 12. The van der Waals surface area contributed by atoms with Gasteiger partial charge in [0.15, 0.2) is 0 Å². The van der Waals surface area contributed by atoms with Crippen LogP contribution in [0.15, 0.2) is 60.7 Å². The van der Waals surface area contributed by atoms with Crippen LogP contribution in [0.4, 0.5) is 52.7 Å². The van der Waals surface area contributed by atoms with Crippen molar-refractivity contribution in [2.75, 3.05) is 0 Å². The zero-order valence-corrected chi connectivity index (χ0v) is 18.1. The maximum Gasteiger partial charge on any atom is 0.411 e. The minimum Gasteiger partial charge on any atom is -0.457 e. The molecule has 2 heterocycles.